The van der Waals surface area contributed by atoms with Gasteiger partial charge in [-0.05, 0) is 40.4 Å². The van der Waals surface area contributed by atoms with E-state index in [0.29, 0.717) is 0 Å². The van der Waals surface area contributed by atoms with E-state index in [2.05, 4.69) is 21.8 Å². The molecule has 18 heavy (non-hydrogen) atoms. The lowest BCUT2D eigenvalue weighted by Crippen LogP contribution is -2.39. The van der Waals surface area contributed by atoms with Gasteiger partial charge >= 0.3 is 0 Å². The number of hydrogen-bond acceptors (Lipinski definition) is 2. The molecule has 2 atom stereocenters. The van der Waals surface area contributed by atoms with Gasteiger partial charge in [0.15, 0.2) is 0 Å². The van der Waals surface area contributed by atoms with Crippen molar-refractivity contribution in [3.05, 3.63) is 35.9 Å². The van der Waals surface area contributed by atoms with E-state index in [1.54, 1.807) is 0 Å². The van der Waals surface area contributed by atoms with Gasteiger partial charge in [-0.1, -0.05) is 30.3 Å². The Morgan fingerprint density at radius 2 is 1.78 bits per heavy atom. The van der Waals surface area contributed by atoms with E-state index in [0.717, 1.165) is 6.54 Å². The van der Waals surface area contributed by atoms with Crippen LogP contribution in [0.1, 0.15) is 32.4 Å². The first-order valence-electron chi connectivity index (χ1n) is 6.18. The summed E-state index contributed by atoms with van der Waals surface area (Å²) in [4.78, 5) is 2.10. The van der Waals surface area contributed by atoms with Crippen LogP contribution in [0.15, 0.2) is 30.3 Å². The largest absolute Gasteiger partial charge is 0.307 e. The van der Waals surface area contributed by atoms with Gasteiger partial charge in [-0.2, -0.15) is 0 Å². The lowest BCUT2D eigenvalue weighted by molar-refractivity contribution is 0.365. The second-order valence-electron chi connectivity index (χ2n) is 5.72. The molecule has 0 unspecified atom stereocenters. The Balaban J connectivity index is 2.84. The molecule has 0 saturated heterocycles. The highest BCUT2D eigenvalue weighted by atomic mass is 32.2. The lowest BCUT2D eigenvalue weighted by Gasteiger charge is -2.26. The van der Waals surface area contributed by atoms with Crippen LogP contribution in [0.5, 0.6) is 0 Å². The van der Waals surface area contributed by atoms with Crippen LogP contribution in [-0.4, -0.2) is 34.5 Å². The molecular formula is C14H24N2OS. The van der Waals surface area contributed by atoms with E-state index >= 15 is 0 Å². The highest BCUT2D eigenvalue weighted by Crippen LogP contribution is 2.17. The maximum absolute atomic E-state index is 12.2. The lowest BCUT2D eigenvalue weighted by atomic mass is 10.1. The van der Waals surface area contributed by atoms with E-state index in [1.807, 2.05) is 53.1 Å². The van der Waals surface area contributed by atoms with Crippen LogP contribution >= 0.6 is 0 Å². The Bertz CT molecular complexity index is 385. The minimum Gasteiger partial charge on any atom is -0.307 e. The van der Waals surface area contributed by atoms with Gasteiger partial charge in [-0.3, -0.25) is 0 Å². The minimum absolute atomic E-state index is 0.0845. The van der Waals surface area contributed by atoms with Gasteiger partial charge in [0.2, 0.25) is 0 Å². The predicted molar refractivity (Wildman–Crippen MR) is 78.8 cm³/mol. The van der Waals surface area contributed by atoms with Gasteiger partial charge in [-0.25, -0.2) is 8.93 Å². The maximum Gasteiger partial charge on any atom is 0.0976 e. The molecule has 0 heterocycles. The highest BCUT2D eigenvalue weighted by Gasteiger charge is 2.23. The second kappa shape index (κ2) is 6.45. The van der Waals surface area contributed by atoms with Crippen molar-refractivity contribution in [1.29, 1.82) is 0 Å². The van der Waals surface area contributed by atoms with E-state index in [4.69, 9.17) is 0 Å². The fraction of sp³-hybridized carbons (Fsp3) is 0.571. The third-order valence-electron chi connectivity index (χ3n) is 2.56. The first-order chi connectivity index (χ1) is 8.30. The van der Waals surface area contributed by atoms with Crippen molar-refractivity contribution in [3.8, 4) is 0 Å². The minimum atomic E-state index is -1.06. The average Bonchev–Trinajstić information content (AvgIpc) is 2.27. The van der Waals surface area contributed by atoms with E-state index in [9.17, 15) is 4.21 Å². The Labute approximate surface area is 113 Å². The third kappa shape index (κ3) is 4.88. The predicted octanol–water partition coefficient (Wildman–Crippen LogP) is 2.34. The first-order valence-corrected chi connectivity index (χ1v) is 7.33. The fourth-order valence-electron chi connectivity index (χ4n) is 1.57. The van der Waals surface area contributed by atoms with Gasteiger partial charge in [0.1, 0.15) is 0 Å². The smallest absolute Gasteiger partial charge is 0.0976 e. The topological polar surface area (TPSA) is 32.3 Å². The van der Waals surface area contributed by atoms with E-state index < -0.39 is 11.0 Å². The SMILES string of the molecule is CN(C)C[C@@H](N[S@@](=O)C(C)(C)C)c1ccccc1. The number of nitrogens with zero attached hydrogens (tertiary/aromatic N) is 1. The van der Waals surface area contributed by atoms with Crippen molar-refractivity contribution >= 4 is 11.0 Å². The fourth-order valence-corrected chi connectivity index (χ4v) is 2.39. The quantitative estimate of drug-likeness (QED) is 0.889. The number of nitrogens with one attached hydrogen (secondary N) is 1. The Morgan fingerprint density at radius 1 is 1.22 bits per heavy atom. The van der Waals surface area contributed by atoms with Crippen LogP contribution in [0, 0.1) is 0 Å². The zero-order valence-electron chi connectivity index (χ0n) is 11.9. The summed E-state index contributed by atoms with van der Waals surface area (Å²) in [6.45, 7) is 6.77. The van der Waals surface area contributed by atoms with Crippen LogP contribution in [0.4, 0.5) is 0 Å². The van der Waals surface area contributed by atoms with Crippen molar-refractivity contribution in [3.63, 3.8) is 0 Å². The molecule has 0 amide bonds. The Morgan fingerprint density at radius 3 is 2.22 bits per heavy atom. The maximum atomic E-state index is 12.2. The number of likely N-dealkylation sites (N-methyl/N-ethyl adjacent to an activating group) is 1. The molecule has 1 N–H and O–H groups in total. The van der Waals surface area contributed by atoms with Gasteiger partial charge in [0.05, 0.1) is 21.8 Å². The molecule has 4 heteroatoms. The van der Waals surface area contributed by atoms with Crippen LogP contribution in [0.2, 0.25) is 0 Å². The van der Waals surface area contributed by atoms with Crippen molar-refractivity contribution in [1.82, 2.24) is 9.62 Å². The summed E-state index contributed by atoms with van der Waals surface area (Å²) in [5.41, 5.74) is 1.17. The molecule has 0 aromatic heterocycles. The van der Waals surface area contributed by atoms with Gasteiger partial charge in [0, 0.05) is 6.54 Å². The van der Waals surface area contributed by atoms with Crippen LogP contribution in [0.3, 0.4) is 0 Å². The molecular weight excluding hydrogens is 244 g/mol. The molecule has 102 valence electrons. The number of rotatable bonds is 5. The molecule has 0 spiro atoms. The molecule has 0 aliphatic rings. The van der Waals surface area contributed by atoms with E-state index in [-0.39, 0.29) is 10.8 Å². The molecule has 1 rings (SSSR count). The first kappa shape index (κ1) is 15.3. The van der Waals surface area contributed by atoms with Gasteiger partial charge in [0.25, 0.3) is 0 Å². The van der Waals surface area contributed by atoms with Crippen LogP contribution in [0.25, 0.3) is 0 Å². The van der Waals surface area contributed by atoms with Gasteiger partial charge < -0.3 is 4.90 Å². The van der Waals surface area contributed by atoms with Crippen molar-refractivity contribution in [2.45, 2.75) is 31.6 Å². The Hall–Kier alpha value is -0.710. The summed E-state index contributed by atoms with van der Waals surface area (Å²) in [5.74, 6) is 0. The second-order valence-corrected chi connectivity index (χ2v) is 7.72. The number of benzene rings is 1. The standard InChI is InChI=1S/C14H24N2OS/c1-14(2,3)18(17)15-13(11-16(4)5)12-9-7-6-8-10-12/h6-10,13,15H,11H2,1-5H3/t13-,18+/m1/s1. The highest BCUT2D eigenvalue weighted by molar-refractivity contribution is 7.84. The zero-order valence-corrected chi connectivity index (χ0v) is 12.8. The molecule has 0 fully saturated rings. The Kier molecular flexibility index (Phi) is 5.50. The molecule has 0 radical (unpaired) electrons. The molecule has 3 nitrogen and oxygen atoms in total. The van der Waals surface area contributed by atoms with Crippen molar-refractivity contribution in [2.75, 3.05) is 20.6 Å². The summed E-state index contributed by atoms with van der Waals surface area (Å²) in [6, 6.07) is 10.2. The van der Waals surface area contributed by atoms with Crippen LogP contribution in [-0.2, 0) is 11.0 Å². The molecule has 1 aromatic carbocycles. The van der Waals surface area contributed by atoms with Crippen molar-refractivity contribution in [2.24, 2.45) is 0 Å². The molecule has 0 aliphatic carbocycles. The normalized spacial score (nSPS) is 15.7. The summed E-state index contributed by atoms with van der Waals surface area (Å²) >= 11 is 0. The van der Waals surface area contributed by atoms with E-state index in [1.165, 1.54) is 5.56 Å². The molecule has 0 bridgehead atoms. The van der Waals surface area contributed by atoms with Crippen LogP contribution < -0.4 is 4.72 Å². The summed E-state index contributed by atoms with van der Waals surface area (Å²) < 4.78 is 15.2. The summed E-state index contributed by atoms with van der Waals surface area (Å²) in [6.07, 6.45) is 0. The zero-order chi connectivity index (χ0) is 13.8. The summed E-state index contributed by atoms with van der Waals surface area (Å²) in [5, 5.41) is 0. The summed E-state index contributed by atoms with van der Waals surface area (Å²) in [7, 11) is 2.99. The third-order valence-corrected chi connectivity index (χ3v) is 4.17. The monoisotopic (exact) mass is 268 g/mol. The van der Waals surface area contributed by atoms with Gasteiger partial charge in [-0.15, -0.1) is 0 Å². The molecule has 0 aliphatic heterocycles. The molecule has 0 saturated carbocycles. The number of hydrogen-bond donors (Lipinski definition) is 1. The molecule has 1 aromatic rings. The average molecular weight is 268 g/mol. The van der Waals surface area contributed by atoms with Crippen molar-refractivity contribution < 1.29 is 4.21 Å².